The number of hydrogen-bond acceptors (Lipinski definition) is 6. The second-order valence-electron chi connectivity index (χ2n) is 6.54. The molecule has 2 aliphatic heterocycles. The van der Waals surface area contributed by atoms with Crippen LogP contribution in [0.3, 0.4) is 0 Å². The standard InChI is InChI=1S/C18H23N5OS/c24-18(15-5-4-12-25-15)23-10-8-22(9-11-23)17-13-16(19-14-20-17)21-6-2-1-3-7-21/h4-5,12-14H,1-3,6-11H2. The van der Waals surface area contributed by atoms with E-state index >= 15 is 0 Å². The van der Waals surface area contributed by atoms with Gasteiger partial charge < -0.3 is 14.7 Å². The summed E-state index contributed by atoms with van der Waals surface area (Å²) in [6, 6.07) is 5.92. The first kappa shape index (κ1) is 16.3. The van der Waals surface area contributed by atoms with E-state index in [0.29, 0.717) is 0 Å². The smallest absolute Gasteiger partial charge is 0.264 e. The molecular formula is C18H23N5OS. The molecule has 7 heteroatoms. The van der Waals surface area contributed by atoms with Gasteiger partial charge in [-0.3, -0.25) is 4.79 Å². The van der Waals surface area contributed by atoms with E-state index < -0.39 is 0 Å². The minimum absolute atomic E-state index is 0.145. The number of aromatic nitrogens is 2. The predicted molar refractivity (Wildman–Crippen MR) is 101 cm³/mol. The molecular weight excluding hydrogens is 334 g/mol. The molecule has 0 radical (unpaired) electrons. The molecule has 0 N–H and O–H groups in total. The average Bonchev–Trinajstić information content (AvgIpc) is 3.23. The van der Waals surface area contributed by atoms with Gasteiger partial charge in [0.05, 0.1) is 4.88 Å². The highest BCUT2D eigenvalue weighted by atomic mass is 32.1. The summed E-state index contributed by atoms with van der Waals surface area (Å²) in [5.74, 6) is 2.15. The van der Waals surface area contributed by atoms with E-state index in [4.69, 9.17) is 0 Å². The Morgan fingerprint density at radius 1 is 0.920 bits per heavy atom. The molecule has 0 bridgehead atoms. The number of piperidine rings is 1. The Kier molecular flexibility index (Phi) is 4.83. The quantitative estimate of drug-likeness (QED) is 0.845. The molecule has 1 amide bonds. The minimum atomic E-state index is 0.145. The van der Waals surface area contributed by atoms with E-state index in [1.165, 1.54) is 30.6 Å². The highest BCUT2D eigenvalue weighted by Crippen LogP contribution is 2.22. The minimum Gasteiger partial charge on any atom is -0.356 e. The van der Waals surface area contributed by atoms with Gasteiger partial charge in [0.2, 0.25) is 0 Å². The molecule has 25 heavy (non-hydrogen) atoms. The van der Waals surface area contributed by atoms with Crippen molar-refractivity contribution in [3.63, 3.8) is 0 Å². The van der Waals surface area contributed by atoms with Gasteiger partial charge >= 0.3 is 0 Å². The molecule has 0 spiro atoms. The highest BCUT2D eigenvalue weighted by Gasteiger charge is 2.24. The number of carbonyl (C=O) groups is 1. The van der Waals surface area contributed by atoms with E-state index in [1.807, 2.05) is 22.4 Å². The molecule has 0 aromatic carbocycles. The fourth-order valence-electron chi connectivity index (χ4n) is 3.50. The number of anilines is 2. The second-order valence-corrected chi connectivity index (χ2v) is 7.49. The predicted octanol–water partition coefficient (Wildman–Crippen LogP) is 2.49. The molecule has 0 unspecified atom stereocenters. The molecule has 2 aromatic heterocycles. The Morgan fingerprint density at radius 3 is 2.24 bits per heavy atom. The van der Waals surface area contributed by atoms with Crippen LogP contribution in [-0.4, -0.2) is 60.0 Å². The van der Waals surface area contributed by atoms with Crippen molar-refractivity contribution in [3.8, 4) is 0 Å². The number of nitrogens with zero attached hydrogens (tertiary/aromatic N) is 5. The lowest BCUT2D eigenvalue weighted by atomic mass is 10.1. The Morgan fingerprint density at radius 2 is 1.60 bits per heavy atom. The van der Waals surface area contributed by atoms with Crippen LogP contribution in [-0.2, 0) is 0 Å². The normalized spacial score (nSPS) is 18.5. The fraction of sp³-hybridized carbons (Fsp3) is 0.500. The summed E-state index contributed by atoms with van der Waals surface area (Å²) in [5, 5.41) is 1.95. The lowest BCUT2D eigenvalue weighted by molar-refractivity contribution is 0.0751. The van der Waals surface area contributed by atoms with Gasteiger partial charge in [-0.25, -0.2) is 9.97 Å². The van der Waals surface area contributed by atoms with Crippen molar-refractivity contribution in [2.45, 2.75) is 19.3 Å². The largest absolute Gasteiger partial charge is 0.356 e. The van der Waals surface area contributed by atoms with Crippen molar-refractivity contribution < 1.29 is 4.79 Å². The summed E-state index contributed by atoms with van der Waals surface area (Å²) in [4.78, 5) is 28.7. The number of hydrogen-bond donors (Lipinski definition) is 0. The monoisotopic (exact) mass is 357 g/mol. The summed E-state index contributed by atoms with van der Waals surface area (Å²) in [6.45, 7) is 5.26. The molecule has 2 fully saturated rings. The number of piperazine rings is 1. The summed E-state index contributed by atoms with van der Waals surface area (Å²) in [6.07, 6.45) is 5.46. The van der Waals surface area contributed by atoms with E-state index in [-0.39, 0.29) is 5.91 Å². The van der Waals surface area contributed by atoms with Crippen LogP contribution in [0, 0.1) is 0 Å². The van der Waals surface area contributed by atoms with Crippen LogP contribution in [0.5, 0.6) is 0 Å². The number of thiophene rings is 1. The SMILES string of the molecule is O=C(c1cccs1)N1CCN(c2cc(N3CCCCC3)ncn2)CC1. The van der Waals surface area contributed by atoms with Gasteiger partial charge in [0, 0.05) is 45.3 Å². The third kappa shape index (κ3) is 3.61. The van der Waals surface area contributed by atoms with Crippen LogP contribution in [0.2, 0.25) is 0 Å². The van der Waals surface area contributed by atoms with Gasteiger partial charge in [0.15, 0.2) is 0 Å². The van der Waals surface area contributed by atoms with Gasteiger partial charge in [-0.15, -0.1) is 11.3 Å². The highest BCUT2D eigenvalue weighted by molar-refractivity contribution is 7.12. The Bertz CT molecular complexity index is 706. The maximum absolute atomic E-state index is 12.5. The maximum atomic E-state index is 12.5. The molecule has 132 valence electrons. The van der Waals surface area contributed by atoms with Crippen molar-refractivity contribution in [3.05, 3.63) is 34.8 Å². The van der Waals surface area contributed by atoms with Crippen LogP contribution >= 0.6 is 11.3 Å². The van der Waals surface area contributed by atoms with Gasteiger partial charge in [-0.1, -0.05) is 6.07 Å². The van der Waals surface area contributed by atoms with Gasteiger partial charge in [0.25, 0.3) is 5.91 Å². The number of rotatable bonds is 3. The summed E-state index contributed by atoms with van der Waals surface area (Å²) in [5.41, 5.74) is 0. The van der Waals surface area contributed by atoms with Crippen LogP contribution in [0.1, 0.15) is 28.9 Å². The topological polar surface area (TPSA) is 52.6 Å². The molecule has 4 heterocycles. The first-order valence-corrected chi connectivity index (χ1v) is 9.84. The molecule has 0 aliphatic carbocycles. The number of amides is 1. The van der Waals surface area contributed by atoms with Crippen molar-refractivity contribution in [2.75, 3.05) is 49.1 Å². The van der Waals surface area contributed by atoms with Crippen LogP contribution in [0.25, 0.3) is 0 Å². The zero-order chi connectivity index (χ0) is 17.1. The lowest BCUT2D eigenvalue weighted by Crippen LogP contribution is -2.49. The van der Waals surface area contributed by atoms with Gasteiger partial charge in [-0.2, -0.15) is 0 Å². The Balaban J connectivity index is 1.40. The zero-order valence-electron chi connectivity index (χ0n) is 14.3. The van der Waals surface area contributed by atoms with E-state index in [9.17, 15) is 4.79 Å². The molecule has 0 atom stereocenters. The molecule has 2 aromatic rings. The van der Waals surface area contributed by atoms with Gasteiger partial charge in [0.1, 0.15) is 18.0 Å². The van der Waals surface area contributed by atoms with Crippen molar-refractivity contribution >= 4 is 28.9 Å². The van der Waals surface area contributed by atoms with Crippen LogP contribution in [0.4, 0.5) is 11.6 Å². The van der Waals surface area contributed by atoms with Crippen molar-refractivity contribution in [2.24, 2.45) is 0 Å². The molecule has 0 saturated carbocycles. The Labute approximate surface area is 152 Å². The fourth-order valence-corrected chi connectivity index (χ4v) is 4.19. The molecule has 2 aliphatic rings. The number of carbonyl (C=O) groups excluding carboxylic acids is 1. The molecule has 6 nitrogen and oxygen atoms in total. The lowest BCUT2D eigenvalue weighted by Gasteiger charge is -2.35. The third-order valence-electron chi connectivity index (χ3n) is 4.94. The molecule has 4 rings (SSSR count). The Hall–Kier alpha value is -2.15. The van der Waals surface area contributed by atoms with Gasteiger partial charge in [-0.05, 0) is 30.7 Å². The summed E-state index contributed by atoms with van der Waals surface area (Å²) >= 11 is 1.51. The second kappa shape index (κ2) is 7.39. The van der Waals surface area contributed by atoms with Crippen molar-refractivity contribution in [1.29, 1.82) is 0 Å². The van der Waals surface area contributed by atoms with E-state index in [2.05, 4.69) is 25.8 Å². The zero-order valence-corrected chi connectivity index (χ0v) is 15.1. The first-order valence-electron chi connectivity index (χ1n) is 8.96. The van der Waals surface area contributed by atoms with Crippen molar-refractivity contribution in [1.82, 2.24) is 14.9 Å². The third-order valence-corrected chi connectivity index (χ3v) is 5.80. The average molecular weight is 357 g/mol. The van der Waals surface area contributed by atoms with E-state index in [1.54, 1.807) is 6.33 Å². The maximum Gasteiger partial charge on any atom is 0.264 e. The summed E-state index contributed by atoms with van der Waals surface area (Å²) in [7, 11) is 0. The first-order chi connectivity index (χ1) is 12.3. The molecule has 2 saturated heterocycles. The van der Waals surface area contributed by atoms with Crippen LogP contribution < -0.4 is 9.80 Å². The van der Waals surface area contributed by atoms with E-state index in [0.717, 1.165) is 55.8 Å². The summed E-state index contributed by atoms with van der Waals surface area (Å²) < 4.78 is 0. The van der Waals surface area contributed by atoms with Crippen LogP contribution in [0.15, 0.2) is 29.9 Å².